The average molecular weight is 1130 g/mol. The molecular weight excluding hydrogens is 1090 g/mol. The Kier molecular flexibility index (Phi) is 17.8. The van der Waals surface area contributed by atoms with Crippen molar-refractivity contribution in [2.24, 2.45) is 0 Å². The molecule has 17 nitrogen and oxygen atoms in total. The Bertz CT molecular complexity index is 3600. The average Bonchev–Trinajstić information content (AvgIpc) is 3.41. The van der Waals surface area contributed by atoms with Crippen LogP contribution in [0.15, 0.2) is 209 Å². The number of carbonyl (C=O) groups is 2. The molecule has 0 aliphatic rings. The lowest BCUT2D eigenvalue weighted by molar-refractivity contribution is -0.432. The van der Waals surface area contributed by atoms with Crippen LogP contribution in [0.3, 0.4) is 0 Å². The second-order valence-electron chi connectivity index (χ2n) is 15.6. The smallest absolute Gasteiger partial charge is 0.298 e. The predicted octanol–water partition coefficient (Wildman–Crippen LogP) is 13.4. The maximum Gasteiger partial charge on any atom is 0.298 e. The van der Waals surface area contributed by atoms with Gasteiger partial charge in [-0.3, -0.25) is 18.7 Å². The monoisotopic (exact) mass is 1130 g/mol. The van der Waals surface area contributed by atoms with Gasteiger partial charge in [-0.25, -0.2) is 10.5 Å². The predicted molar refractivity (Wildman–Crippen MR) is 278 cm³/mol. The first-order valence-electron chi connectivity index (χ1n) is 21.5. The van der Waals surface area contributed by atoms with Crippen LogP contribution in [0.2, 0.25) is 0 Å². The molecule has 0 heterocycles. The lowest BCUT2D eigenvalue weighted by Crippen LogP contribution is -2.07. The van der Waals surface area contributed by atoms with Crippen LogP contribution in [0.5, 0.6) is 28.7 Å². The van der Waals surface area contributed by atoms with Crippen molar-refractivity contribution in [3.05, 3.63) is 198 Å². The van der Waals surface area contributed by atoms with Gasteiger partial charge in [-0.15, -0.1) is 8.67 Å². The molecule has 8 aromatic rings. The summed E-state index contributed by atoms with van der Waals surface area (Å²) in [5.74, 6) is 0.548. The largest absolute Gasteiger partial charge is 0.497 e. The minimum atomic E-state index is -4.89. The van der Waals surface area contributed by atoms with E-state index in [0.29, 0.717) is 60.9 Å². The van der Waals surface area contributed by atoms with Crippen LogP contribution in [0.1, 0.15) is 37.4 Å². The van der Waals surface area contributed by atoms with Gasteiger partial charge in [0, 0.05) is 46.7 Å². The Balaban J connectivity index is 0.934. The van der Waals surface area contributed by atoms with Crippen molar-refractivity contribution in [3.63, 3.8) is 0 Å². The maximum atomic E-state index is 13.8. The molecule has 0 aliphatic heterocycles. The molecule has 0 amide bonds. The second kappa shape index (κ2) is 24.4. The SMILES string of the molecule is COc1ccc(Oc2ccc(Oc3ccc(C(=O)c4ccc(Sc5ccc(-c6ccc(Sc7ccc(C(=O)c8ccc(C)c(SOOO)c8)cc7S(=O)(=O)O)cc6)cc5)c(SOOO)c4)cc3S(=O)(=O)O)cc2)cc1. The summed E-state index contributed by atoms with van der Waals surface area (Å²) in [5.41, 5.74) is 2.63. The van der Waals surface area contributed by atoms with Crippen LogP contribution < -0.4 is 14.2 Å². The van der Waals surface area contributed by atoms with E-state index in [1.54, 1.807) is 92.9 Å². The first-order valence-corrected chi connectivity index (χ1v) is 27.5. The summed E-state index contributed by atoms with van der Waals surface area (Å²) in [5, 5.41) is 25.0. The molecule has 0 atom stereocenters. The zero-order valence-electron chi connectivity index (χ0n) is 38.7. The Labute approximate surface area is 446 Å². The zero-order valence-corrected chi connectivity index (χ0v) is 43.6. The quantitative estimate of drug-likeness (QED) is 0.0162. The number of carbonyl (C=O) groups excluding carboxylic acids is 2. The molecule has 0 saturated carbocycles. The van der Waals surface area contributed by atoms with E-state index in [0.717, 1.165) is 45.5 Å². The molecule has 0 saturated heterocycles. The van der Waals surface area contributed by atoms with Gasteiger partial charge in [-0.05, 0) is 157 Å². The van der Waals surface area contributed by atoms with Gasteiger partial charge in [0.25, 0.3) is 20.2 Å². The number of benzene rings is 8. The highest BCUT2D eigenvalue weighted by molar-refractivity contribution is 8.01. The second-order valence-corrected chi connectivity index (χ2v) is 22.1. The number of aryl methyl sites for hydroxylation is 1. The van der Waals surface area contributed by atoms with Gasteiger partial charge in [-0.1, -0.05) is 70.0 Å². The number of ether oxygens (including phenoxy) is 3. The summed E-state index contributed by atoms with van der Waals surface area (Å²) in [6, 6.07) is 44.9. The first kappa shape index (κ1) is 54.7. The molecule has 8 aromatic carbocycles. The van der Waals surface area contributed by atoms with Crippen molar-refractivity contribution in [2.75, 3.05) is 7.11 Å². The van der Waals surface area contributed by atoms with Crippen molar-refractivity contribution in [1.82, 2.24) is 0 Å². The third kappa shape index (κ3) is 14.1. The number of ketones is 2. The standard InChI is InChI=1S/C52H38O17S6/c1-31-3-4-34(27-47(31)72-68-66-55)51(53)37-11-26-46(50(30-37)75(60,61)62)71-43-22-7-33(8-23-43)32-5-20-42(21-6-32)70-45-25-10-35(28-48(45)73-69-67-56)52(54)36-9-24-44(49(29-36)74(57,58)59)65-41-18-16-40(17-19-41)64-39-14-12-38(63-2)13-15-39/h3-30,55-56H,1-2H3,(H,57,58,59)(H,60,61,62). The number of hydrogen-bond donors (Lipinski definition) is 4. The summed E-state index contributed by atoms with van der Waals surface area (Å²) < 4.78 is 96.7. The van der Waals surface area contributed by atoms with Crippen LogP contribution in [0.4, 0.5) is 0 Å². The van der Waals surface area contributed by atoms with Crippen molar-refractivity contribution < 1.29 is 79.0 Å². The molecule has 8 rings (SSSR count). The van der Waals surface area contributed by atoms with E-state index < -0.39 is 41.6 Å². The van der Waals surface area contributed by atoms with E-state index in [1.165, 1.54) is 54.2 Å². The fraction of sp³-hybridized carbons (Fsp3) is 0.0385. The highest BCUT2D eigenvalue weighted by Crippen LogP contribution is 2.40. The Morgan fingerprint density at radius 2 is 0.853 bits per heavy atom. The molecule has 0 spiro atoms. The van der Waals surface area contributed by atoms with Gasteiger partial charge >= 0.3 is 0 Å². The van der Waals surface area contributed by atoms with E-state index in [-0.39, 0.29) is 38.6 Å². The van der Waals surface area contributed by atoms with Gasteiger partial charge in [0.1, 0.15) is 38.5 Å². The summed E-state index contributed by atoms with van der Waals surface area (Å²) in [4.78, 5) is 29.2. The highest BCUT2D eigenvalue weighted by atomic mass is 32.2. The van der Waals surface area contributed by atoms with E-state index in [9.17, 15) is 35.5 Å². The summed E-state index contributed by atoms with van der Waals surface area (Å²) in [7, 11) is -8.10. The normalized spacial score (nSPS) is 11.5. The molecule has 0 radical (unpaired) electrons. The molecule has 0 fully saturated rings. The Hall–Kier alpha value is -6.52. The van der Waals surface area contributed by atoms with Gasteiger partial charge in [0.2, 0.25) is 0 Å². The van der Waals surface area contributed by atoms with Gasteiger partial charge in [0.05, 0.1) is 36.1 Å². The molecule has 0 bridgehead atoms. The fourth-order valence-electron chi connectivity index (χ4n) is 7.10. The summed E-state index contributed by atoms with van der Waals surface area (Å²) in [6.45, 7) is 1.75. The first-order chi connectivity index (χ1) is 36.0. The van der Waals surface area contributed by atoms with Crippen molar-refractivity contribution >= 4 is 79.4 Å². The molecule has 4 N–H and O–H groups in total. The van der Waals surface area contributed by atoms with E-state index in [1.807, 2.05) is 36.4 Å². The molecule has 0 aliphatic carbocycles. The molecule has 0 unspecified atom stereocenters. The lowest BCUT2D eigenvalue weighted by atomic mass is 10.0. The number of rotatable bonds is 22. The topological polar surface area (TPSA) is 248 Å². The van der Waals surface area contributed by atoms with Crippen LogP contribution in [-0.2, 0) is 39.0 Å². The van der Waals surface area contributed by atoms with Crippen LogP contribution in [0, 0.1) is 6.92 Å². The molecular formula is C52H38O17S6. The Morgan fingerprint density at radius 1 is 0.440 bits per heavy atom. The van der Waals surface area contributed by atoms with Gasteiger partial charge in [-0.2, -0.15) is 16.8 Å². The maximum absolute atomic E-state index is 13.8. The molecule has 0 aromatic heterocycles. The van der Waals surface area contributed by atoms with Gasteiger partial charge in [0.15, 0.2) is 11.6 Å². The summed E-state index contributed by atoms with van der Waals surface area (Å²) >= 11 is 3.68. The van der Waals surface area contributed by atoms with Crippen LogP contribution in [-0.4, -0.2) is 55.1 Å². The lowest BCUT2D eigenvalue weighted by Gasteiger charge is -2.13. The van der Waals surface area contributed by atoms with Crippen LogP contribution >= 0.6 is 47.6 Å². The third-order valence-corrected chi connectivity index (χ3v) is 16.4. The van der Waals surface area contributed by atoms with Crippen molar-refractivity contribution in [1.29, 1.82) is 0 Å². The number of methoxy groups -OCH3 is 1. The molecule has 384 valence electrons. The zero-order chi connectivity index (χ0) is 53.3. The molecule has 23 heteroatoms. The fourth-order valence-corrected chi connectivity index (χ4v) is 11.6. The third-order valence-electron chi connectivity index (χ3n) is 10.8. The van der Waals surface area contributed by atoms with Gasteiger partial charge < -0.3 is 14.2 Å². The minimum absolute atomic E-state index is 0.0132. The summed E-state index contributed by atoms with van der Waals surface area (Å²) in [6.07, 6.45) is 0. The van der Waals surface area contributed by atoms with E-state index in [2.05, 4.69) is 14.4 Å². The Morgan fingerprint density at radius 3 is 1.36 bits per heavy atom. The van der Waals surface area contributed by atoms with Crippen LogP contribution in [0.25, 0.3) is 11.1 Å². The highest BCUT2D eigenvalue weighted by Gasteiger charge is 2.24. The van der Waals surface area contributed by atoms with E-state index >= 15 is 0 Å². The molecule has 75 heavy (non-hydrogen) atoms. The van der Waals surface area contributed by atoms with E-state index in [4.69, 9.17) is 29.1 Å². The van der Waals surface area contributed by atoms with Crippen molar-refractivity contribution in [2.45, 2.75) is 46.1 Å². The number of hydrogen-bond acceptors (Lipinski definition) is 19. The van der Waals surface area contributed by atoms with Crippen molar-refractivity contribution in [3.8, 4) is 39.9 Å². The minimum Gasteiger partial charge on any atom is -0.497 e.